The largest absolute Gasteiger partial charge is 0.255 e. The molecule has 1 aromatic carbocycles. The summed E-state index contributed by atoms with van der Waals surface area (Å²) < 4.78 is 59.5. The Kier molecular flexibility index (Phi) is 97.7. The minimum Gasteiger partial charge on any atom is -0.255 e. The van der Waals surface area contributed by atoms with Crippen molar-refractivity contribution in [1.82, 2.24) is 0 Å². The molecule has 0 N–H and O–H groups in total. The summed E-state index contributed by atoms with van der Waals surface area (Å²) in [6, 6.07) is 0. The third-order valence-corrected chi connectivity index (χ3v) is 14.3. The number of halogens is 5. The summed E-state index contributed by atoms with van der Waals surface area (Å²) in [5.41, 5.74) is 5.00. The number of alkyl halides is 4. The van der Waals surface area contributed by atoms with Gasteiger partial charge in [-0.05, 0) is 124 Å². The third kappa shape index (κ3) is 46.8. The van der Waals surface area contributed by atoms with Crippen LogP contribution in [0, 0.1) is 13.8 Å². The second-order valence-corrected chi connectivity index (χ2v) is 18.7. The summed E-state index contributed by atoms with van der Waals surface area (Å²) in [6.07, 6.45) is 7.96. The monoisotopic (exact) mass is 1130 g/mol. The molecular formula is C63H115F5S5. The van der Waals surface area contributed by atoms with Crippen LogP contribution in [0.3, 0.4) is 0 Å². The van der Waals surface area contributed by atoms with Gasteiger partial charge in [0.15, 0.2) is 0 Å². The van der Waals surface area contributed by atoms with Gasteiger partial charge in [-0.1, -0.05) is 206 Å². The summed E-state index contributed by atoms with van der Waals surface area (Å²) in [6.45, 7) is 79.4. The number of benzene rings is 1. The van der Waals surface area contributed by atoms with Crippen LogP contribution in [-0.2, 0) is 0 Å². The zero-order valence-electron chi connectivity index (χ0n) is 52.5. The molecule has 0 saturated heterocycles. The molecule has 2 unspecified atom stereocenters. The van der Waals surface area contributed by atoms with Gasteiger partial charge in [0.2, 0.25) is 0 Å². The van der Waals surface area contributed by atoms with Crippen LogP contribution in [0.4, 0.5) is 22.0 Å². The average molecular weight is 1130 g/mol. The smallest absolute Gasteiger partial charge is 0.139 e. The van der Waals surface area contributed by atoms with Crippen molar-refractivity contribution in [3.63, 3.8) is 0 Å². The maximum absolute atomic E-state index is 14.0. The van der Waals surface area contributed by atoms with E-state index in [4.69, 9.17) is 0 Å². The number of hydrogen-bond acceptors (Lipinski definition) is 5. The van der Waals surface area contributed by atoms with Crippen LogP contribution in [0.25, 0.3) is 13.2 Å². The molecule has 0 radical (unpaired) electrons. The molecule has 1 aromatic rings. The molecule has 0 aliphatic carbocycles. The van der Waals surface area contributed by atoms with Crippen LogP contribution >= 0.6 is 58.8 Å². The molecule has 432 valence electrons. The summed E-state index contributed by atoms with van der Waals surface area (Å²) in [4.78, 5) is 7.59. The molecule has 0 bridgehead atoms. The topological polar surface area (TPSA) is 0 Å². The molecule has 1 aliphatic rings. The van der Waals surface area contributed by atoms with Crippen LogP contribution in [0.5, 0.6) is 0 Å². The second-order valence-electron chi connectivity index (χ2n) is 12.5. The second kappa shape index (κ2) is 74.0. The summed E-state index contributed by atoms with van der Waals surface area (Å²) in [5, 5.41) is 2.40. The van der Waals surface area contributed by atoms with Gasteiger partial charge in [0.1, 0.15) is 12.8 Å². The van der Waals surface area contributed by atoms with E-state index in [1.807, 2.05) is 146 Å². The minimum atomic E-state index is -0.889. The zero-order valence-corrected chi connectivity index (χ0v) is 56.5. The van der Waals surface area contributed by atoms with Gasteiger partial charge >= 0.3 is 0 Å². The van der Waals surface area contributed by atoms with Crippen molar-refractivity contribution in [3.05, 3.63) is 137 Å². The highest BCUT2D eigenvalue weighted by Crippen LogP contribution is 2.49. The number of rotatable bonds is 15. The normalized spacial score (nSPS) is 11.8. The molecule has 2 atom stereocenters. The van der Waals surface area contributed by atoms with E-state index in [1.165, 1.54) is 61.9 Å². The average Bonchev–Trinajstić information content (AvgIpc) is 3.43. The Morgan fingerprint density at radius 3 is 1.47 bits per heavy atom. The first-order chi connectivity index (χ1) is 34.8. The van der Waals surface area contributed by atoms with Gasteiger partial charge in [-0.25, -0.2) is 13.2 Å². The first kappa shape index (κ1) is 96.4. The van der Waals surface area contributed by atoms with E-state index in [0.717, 1.165) is 37.3 Å². The summed E-state index contributed by atoms with van der Waals surface area (Å²) in [5.74, 6) is 1.90. The van der Waals surface area contributed by atoms with E-state index in [0.29, 0.717) is 46.0 Å². The lowest BCUT2D eigenvalue weighted by molar-refractivity contribution is 0.449. The Hall–Kier alpha value is -2.24. The highest BCUT2D eigenvalue weighted by Gasteiger charge is 2.22. The fourth-order valence-corrected chi connectivity index (χ4v) is 10.4. The SMILES string of the molecule is C/C=C/C(F)/C(C)=C/C.C=C.C=C1C=C(SC(=C)C(=C)/C(CF)=C(C)/C(C)=C/F)C(SCC(C)Sc2c(SCC)c(C)c(=C)c(=C)c2C)=C(C)S1.CC.CC.CC.CC.CC.CC.CC.CCC.CCF.CF. The molecule has 0 saturated carbocycles. The van der Waals surface area contributed by atoms with E-state index >= 15 is 0 Å². The van der Waals surface area contributed by atoms with E-state index < -0.39 is 12.8 Å². The van der Waals surface area contributed by atoms with Crippen LogP contribution < -0.4 is 10.4 Å². The van der Waals surface area contributed by atoms with Crippen molar-refractivity contribution in [2.24, 2.45) is 0 Å². The predicted octanol–water partition coefficient (Wildman–Crippen LogP) is 24.6. The molecule has 0 aromatic heterocycles. The third-order valence-electron chi connectivity index (χ3n) is 7.87. The van der Waals surface area contributed by atoms with Crippen molar-refractivity contribution < 1.29 is 22.0 Å². The minimum absolute atomic E-state index is 0.250. The lowest BCUT2D eigenvalue weighted by Crippen LogP contribution is -2.29. The highest BCUT2D eigenvalue weighted by atomic mass is 32.2. The van der Waals surface area contributed by atoms with E-state index in [9.17, 15) is 22.0 Å². The first-order valence-electron chi connectivity index (χ1n) is 26.3. The van der Waals surface area contributed by atoms with Crippen molar-refractivity contribution in [1.29, 1.82) is 0 Å². The van der Waals surface area contributed by atoms with E-state index in [2.05, 4.69) is 101 Å². The van der Waals surface area contributed by atoms with E-state index in [-0.39, 0.29) is 6.67 Å². The maximum atomic E-state index is 14.0. The summed E-state index contributed by atoms with van der Waals surface area (Å²) in [7, 11) is 0.500. The molecule has 73 heavy (non-hydrogen) atoms. The Labute approximate surface area is 474 Å². The molecule has 1 aliphatic heterocycles. The highest BCUT2D eigenvalue weighted by molar-refractivity contribution is 8.13. The number of thioether (sulfide) groups is 5. The molecule has 2 rings (SSSR count). The zero-order chi connectivity index (χ0) is 61.0. The fraction of sp³-hybridized carbons (Fsp3) is 0.556. The van der Waals surface area contributed by atoms with Gasteiger partial charge in [0, 0.05) is 45.3 Å². The van der Waals surface area contributed by atoms with Gasteiger partial charge < -0.3 is 0 Å². The van der Waals surface area contributed by atoms with Crippen molar-refractivity contribution in [3.8, 4) is 0 Å². The molecule has 0 spiro atoms. The fourth-order valence-electron chi connectivity index (χ4n) is 4.44. The number of allylic oxidation sites excluding steroid dienone is 10. The lowest BCUT2D eigenvalue weighted by atomic mass is 9.99. The van der Waals surface area contributed by atoms with Crippen LogP contribution in [0.15, 0.2) is 126 Å². The van der Waals surface area contributed by atoms with E-state index in [1.54, 1.807) is 44.7 Å². The number of hydrogen-bond donors (Lipinski definition) is 0. The first-order valence-corrected chi connectivity index (χ1v) is 30.8. The standard InChI is InChI=1S/C33H40F2S5.C8H13F.C3H8.C2H5F.7C2H6.C2H4.CH3F/c1-13-36-31-24(8)22(6)23(7)25(9)32(31)39-20(4)17-37-33-28(12)38-19(3)14-30(33)40-27(11)26(10)29(16-35)21(5)18(2)15-34;1-4-6-8(9)7(3)5-2;1-3-2;1-2-3;9*1-2/h14-15,20H,3,6-7,10-11,13,16-17H2,1-2,4-5,8-9,12H3;4-6,8H,1-3H3;3H2,1-2H3;2H2,1H3;7*1-2H3;1-2H2;1H3/b18-15+,29-21+;6-4+,7-5+;;;;;;;;;;;. The predicted molar refractivity (Wildman–Crippen MR) is 352 cm³/mol. The van der Waals surface area contributed by atoms with Crippen LogP contribution in [0.1, 0.15) is 191 Å². The molecule has 1 heterocycles. The van der Waals surface area contributed by atoms with Gasteiger partial charge in [-0.15, -0.1) is 48.4 Å². The van der Waals surface area contributed by atoms with Crippen LogP contribution in [-0.4, -0.2) is 43.5 Å². The lowest BCUT2D eigenvalue weighted by Gasteiger charge is -2.23. The van der Waals surface area contributed by atoms with Crippen molar-refractivity contribution in [2.45, 2.75) is 215 Å². The van der Waals surface area contributed by atoms with Crippen molar-refractivity contribution >= 4 is 72.0 Å². The Morgan fingerprint density at radius 2 is 1.12 bits per heavy atom. The van der Waals surface area contributed by atoms with Gasteiger partial charge in [-0.3, -0.25) is 8.78 Å². The van der Waals surface area contributed by atoms with Crippen molar-refractivity contribution in [2.75, 3.05) is 32.0 Å². The Morgan fingerprint density at radius 1 is 0.726 bits per heavy atom. The van der Waals surface area contributed by atoms with Gasteiger partial charge in [-0.2, -0.15) is 0 Å². The van der Waals surface area contributed by atoms with Crippen LogP contribution in [0.2, 0.25) is 0 Å². The Bertz CT molecular complexity index is 1750. The quantitative estimate of drug-likeness (QED) is 0.0741. The summed E-state index contributed by atoms with van der Waals surface area (Å²) >= 11 is 8.73. The molecule has 0 amide bonds. The van der Waals surface area contributed by atoms with Gasteiger partial charge in [0.05, 0.1) is 20.2 Å². The Balaban J connectivity index is -0.000000107. The maximum Gasteiger partial charge on any atom is 0.139 e. The molecular weight excluding hydrogens is 1010 g/mol. The molecule has 0 nitrogen and oxygen atoms in total. The molecule has 0 fully saturated rings. The van der Waals surface area contributed by atoms with Gasteiger partial charge in [0.25, 0.3) is 0 Å². The molecule has 10 heteroatoms.